The lowest BCUT2D eigenvalue weighted by Gasteiger charge is -2.25. The molecule has 0 atom stereocenters. The molecule has 3 aromatic heterocycles. The molecule has 0 saturated heterocycles. The lowest BCUT2D eigenvalue weighted by atomic mass is 10.1. The Kier molecular flexibility index (Phi) is 7.00. The van der Waals surface area contributed by atoms with Crippen molar-refractivity contribution in [3.63, 3.8) is 0 Å². The third kappa shape index (κ3) is 5.39. The summed E-state index contributed by atoms with van der Waals surface area (Å²) in [7, 11) is 4.94. The molecule has 0 aliphatic carbocycles. The fourth-order valence-corrected chi connectivity index (χ4v) is 4.04. The maximum Gasteiger partial charge on any atom is 0.156 e. The van der Waals surface area contributed by atoms with Gasteiger partial charge in [0.15, 0.2) is 5.76 Å². The van der Waals surface area contributed by atoms with Gasteiger partial charge >= 0.3 is 0 Å². The monoisotopic (exact) mass is 500 g/mol. The van der Waals surface area contributed by atoms with Gasteiger partial charge in [0.1, 0.15) is 11.5 Å². The van der Waals surface area contributed by atoms with Gasteiger partial charge in [0.2, 0.25) is 0 Å². The molecule has 37 heavy (non-hydrogen) atoms. The topological polar surface area (TPSA) is 101 Å². The summed E-state index contributed by atoms with van der Waals surface area (Å²) in [5.74, 6) is 2.09. The fourth-order valence-electron chi connectivity index (χ4n) is 4.04. The lowest BCUT2D eigenvalue weighted by molar-refractivity contribution is 0.183. The minimum atomic E-state index is 0.446. The molecule has 10 heteroatoms. The Morgan fingerprint density at radius 2 is 1.73 bits per heavy atom. The average molecular weight is 501 g/mol. The van der Waals surface area contributed by atoms with Crippen LogP contribution in [0.2, 0.25) is 0 Å². The molecule has 0 amide bonds. The molecule has 10 nitrogen and oxygen atoms in total. The second-order valence-electron chi connectivity index (χ2n) is 8.50. The summed E-state index contributed by atoms with van der Waals surface area (Å²) in [6.07, 6.45) is 5.50. The van der Waals surface area contributed by atoms with E-state index >= 15 is 0 Å². The summed E-state index contributed by atoms with van der Waals surface area (Å²) in [5.41, 5.74) is 5.77. The predicted molar refractivity (Wildman–Crippen MR) is 139 cm³/mol. The second kappa shape index (κ2) is 10.7. The van der Waals surface area contributed by atoms with E-state index in [-0.39, 0.29) is 0 Å². The Hall–Kier alpha value is -4.44. The minimum Gasteiger partial charge on any atom is -0.497 e. The van der Waals surface area contributed by atoms with Crippen molar-refractivity contribution < 1.29 is 18.7 Å². The summed E-state index contributed by atoms with van der Waals surface area (Å²) < 4.78 is 23.6. The first-order chi connectivity index (χ1) is 18.1. The third-order valence-corrected chi connectivity index (χ3v) is 5.93. The maximum atomic E-state index is 5.55. The number of ether oxygens (including phenoxy) is 3. The van der Waals surface area contributed by atoms with E-state index in [4.69, 9.17) is 23.7 Å². The van der Waals surface area contributed by atoms with E-state index in [0.717, 1.165) is 45.1 Å². The van der Waals surface area contributed by atoms with Crippen LogP contribution in [0.3, 0.4) is 0 Å². The number of fused-ring (bicyclic) bond motifs is 1. The van der Waals surface area contributed by atoms with Crippen molar-refractivity contribution in [3.05, 3.63) is 72.5 Å². The molecule has 5 aromatic rings. The first-order valence-corrected chi connectivity index (χ1v) is 11.8. The Morgan fingerprint density at radius 3 is 2.43 bits per heavy atom. The SMILES string of the molecule is COCCn1cc(-c2cnc3ccc(N(Cc4cc(C)no4)c4cc(OC)cc(OC)c4)cc3n2)cn1. The van der Waals surface area contributed by atoms with Gasteiger partial charge in [-0.25, -0.2) is 4.98 Å². The van der Waals surface area contributed by atoms with E-state index in [9.17, 15) is 0 Å². The zero-order valence-electron chi connectivity index (χ0n) is 21.2. The Bertz CT molecular complexity index is 1490. The van der Waals surface area contributed by atoms with Gasteiger partial charge in [0.25, 0.3) is 0 Å². The number of aryl methyl sites for hydroxylation is 1. The molecule has 0 unspecified atom stereocenters. The molecular formula is C27H28N6O4. The Balaban J connectivity index is 1.55. The van der Waals surface area contributed by atoms with Crippen LogP contribution in [0.5, 0.6) is 11.5 Å². The summed E-state index contributed by atoms with van der Waals surface area (Å²) >= 11 is 0. The summed E-state index contributed by atoms with van der Waals surface area (Å²) in [4.78, 5) is 11.6. The quantitative estimate of drug-likeness (QED) is 0.268. The molecule has 190 valence electrons. The smallest absolute Gasteiger partial charge is 0.156 e. The van der Waals surface area contributed by atoms with Gasteiger partial charge in [0, 0.05) is 54.5 Å². The minimum absolute atomic E-state index is 0.446. The average Bonchev–Trinajstić information content (AvgIpc) is 3.58. The summed E-state index contributed by atoms with van der Waals surface area (Å²) in [6, 6.07) is 13.6. The van der Waals surface area contributed by atoms with Crippen LogP contribution >= 0.6 is 0 Å². The van der Waals surface area contributed by atoms with Crippen LogP contribution in [0.25, 0.3) is 22.3 Å². The van der Waals surface area contributed by atoms with Crippen molar-refractivity contribution in [2.24, 2.45) is 0 Å². The van der Waals surface area contributed by atoms with E-state index in [1.807, 2.05) is 60.3 Å². The number of rotatable bonds is 10. The Labute approximate surface area is 214 Å². The Morgan fingerprint density at radius 1 is 0.919 bits per heavy atom. The predicted octanol–water partition coefficient (Wildman–Crippen LogP) is 4.79. The first kappa shape index (κ1) is 24.3. The molecule has 0 saturated carbocycles. The fraction of sp³-hybridized carbons (Fsp3) is 0.259. The van der Waals surface area contributed by atoms with Gasteiger partial charge in [-0.3, -0.25) is 9.67 Å². The third-order valence-electron chi connectivity index (χ3n) is 5.93. The van der Waals surface area contributed by atoms with Gasteiger partial charge < -0.3 is 23.6 Å². The molecule has 0 aliphatic rings. The molecule has 0 fully saturated rings. The highest BCUT2D eigenvalue weighted by atomic mass is 16.5. The lowest BCUT2D eigenvalue weighted by Crippen LogP contribution is -2.16. The van der Waals surface area contributed by atoms with E-state index in [1.54, 1.807) is 33.7 Å². The highest BCUT2D eigenvalue weighted by Gasteiger charge is 2.17. The van der Waals surface area contributed by atoms with E-state index in [0.29, 0.717) is 31.2 Å². The maximum absolute atomic E-state index is 5.55. The molecule has 0 bridgehead atoms. The highest BCUT2D eigenvalue weighted by molar-refractivity contribution is 5.82. The number of aromatic nitrogens is 5. The van der Waals surface area contributed by atoms with E-state index in [2.05, 4.69) is 20.1 Å². The van der Waals surface area contributed by atoms with Crippen molar-refractivity contribution in [1.29, 1.82) is 0 Å². The van der Waals surface area contributed by atoms with Crippen LogP contribution in [0, 0.1) is 6.92 Å². The van der Waals surface area contributed by atoms with Gasteiger partial charge in [-0.1, -0.05) is 5.16 Å². The normalized spacial score (nSPS) is 11.1. The van der Waals surface area contributed by atoms with Crippen molar-refractivity contribution in [2.75, 3.05) is 32.8 Å². The number of methoxy groups -OCH3 is 3. The molecule has 0 radical (unpaired) electrons. The van der Waals surface area contributed by atoms with E-state index in [1.165, 1.54) is 0 Å². The number of anilines is 2. The summed E-state index contributed by atoms with van der Waals surface area (Å²) in [6.45, 7) is 3.60. The molecule has 3 heterocycles. The van der Waals surface area contributed by atoms with Crippen molar-refractivity contribution in [2.45, 2.75) is 20.0 Å². The molecule has 0 spiro atoms. The van der Waals surface area contributed by atoms with Gasteiger partial charge in [-0.2, -0.15) is 5.10 Å². The van der Waals surface area contributed by atoms with Crippen molar-refractivity contribution >= 4 is 22.4 Å². The van der Waals surface area contributed by atoms with Gasteiger partial charge in [0.05, 0.1) is 68.7 Å². The highest BCUT2D eigenvalue weighted by Crippen LogP contribution is 2.35. The number of hydrogen-bond acceptors (Lipinski definition) is 9. The van der Waals surface area contributed by atoms with Crippen LogP contribution in [0.4, 0.5) is 11.4 Å². The summed E-state index contributed by atoms with van der Waals surface area (Å²) in [5, 5.41) is 8.45. The first-order valence-electron chi connectivity index (χ1n) is 11.8. The van der Waals surface area contributed by atoms with Crippen LogP contribution in [0.1, 0.15) is 11.5 Å². The molecule has 0 N–H and O–H groups in total. The largest absolute Gasteiger partial charge is 0.497 e. The standard InChI is InChI=1S/C27H28N6O4/c1-18-9-24(37-31-18)17-33(21-10-22(35-3)13-23(11-21)36-4)20-5-6-25-26(12-20)30-27(15-28-25)19-14-29-32(16-19)7-8-34-2/h5-6,9-16H,7-8,17H2,1-4H3. The zero-order chi connectivity index (χ0) is 25.8. The van der Waals surface area contributed by atoms with Crippen LogP contribution in [0.15, 0.2) is 65.6 Å². The van der Waals surface area contributed by atoms with Crippen LogP contribution in [-0.4, -0.2) is 52.8 Å². The van der Waals surface area contributed by atoms with Crippen LogP contribution < -0.4 is 14.4 Å². The van der Waals surface area contributed by atoms with Crippen molar-refractivity contribution in [1.82, 2.24) is 24.9 Å². The number of hydrogen-bond donors (Lipinski definition) is 0. The van der Waals surface area contributed by atoms with Gasteiger partial charge in [-0.05, 0) is 25.1 Å². The molecule has 2 aromatic carbocycles. The molecule has 5 rings (SSSR count). The molecular weight excluding hydrogens is 472 g/mol. The second-order valence-corrected chi connectivity index (χ2v) is 8.50. The van der Waals surface area contributed by atoms with Crippen LogP contribution in [-0.2, 0) is 17.8 Å². The van der Waals surface area contributed by atoms with Gasteiger partial charge in [-0.15, -0.1) is 0 Å². The van der Waals surface area contributed by atoms with E-state index < -0.39 is 0 Å². The molecule has 0 aliphatic heterocycles. The number of nitrogens with zero attached hydrogens (tertiary/aromatic N) is 6. The number of benzene rings is 2. The van der Waals surface area contributed by atoms with Crippen molar-refractivity contribution in [3.8, 4) is 22.8 Å². The zero-order valence-corrected chi connectivity index (χ0v) is 21.2.